The van der Waals surface area contributed by atoms with Crippen LogP contribution in [0.25, 0.3) is 5.57 Å². The molecule has 1 heterocycles. The highest BCUT2D eigenvalue weighted by atomic mass is 79.9. The lowest BCUT2D eigenvalue weighted by Gasteiger charge is -2.07. The molecule has 0 spiro atoms. The highest BCUT2D eigenvalue weighted by Gasteiger charge is 2.10. The fourth-order valence-corrected chi connectivity index (χ4v) is 1.99. The number of hydrogen-bond acceptors (Lipinski definition) is 2. The predicted molar refractivity (Wildman–Crippen MR) is 71.2 cm³/mol. The lowest BCUT2D eigenvalue weighted by molar-refractivity contribution is 0.183. The number of alkyl halides is 1. The minimum Gasteiger partial charge on any atom is -0.383 e. The molecule has 3 nitrogen and oxygen atoms in total. The Bertz CT molecular complexity index is 363. The highest BCUT2D eigenvalue weighted by molar-refractivity contribution is 9.09. The summed E-state index contributed by atoms with van der Waals surface area (Å²) in [4.78, 5) is 0. The summed E-state index contributed by atoms with van der Waals surface area (Å²) in [5.74, 6) is 0. The molecule has 0 fully saturated rings. The van der Waals surface area contributed by atoms with Crippen molar-refractivity contribution in [1.82, 2.24) is 9.78 Å². The first kappa shape index (κ1) is 13.7. The third-order valence-corrected chi connectivity index (χ3v) is 2.97. The molecule has 0 bridgehead atoms. The number of rotatable bonds is 6. The van der Waals surface area contributed by atoms with Gasteiger partial charge in [0.15, 0.2) is 0 Å². The summed E-state index contributed by atoms with van der Waals surface area (Å²) < 4.78 is 6.92. The van der Waals surface area contributed by atoms with Crippen molar-refractivity contribution < 1.29 is 4.74 Å². The fraction of sp³-hybridized carbons (Fsp3) is 0.545. The average Bonchev–Trinajstić information content (AvgIpc) is 2.64. The maximum atomic E-state index is 6.12. The van der Waals surface area contributed by atoms with Crippen molar-refractivity contribution in [3.8, 4) is 0 Å². The van der Waals surface area contributed by atoms with Crippen LogP contribution in [0.5, 0.6) is 0 Å². The first-order valence-electron chi connectivity index (χ1n) is 5.14. The van der Waals surface area contributed by atoms with E-state index in [-0.39, 0.29) is 0 Å². The zero-order valence-electron chi connectivity index (χ0n) is 9.54. The second kappa shape index (κ2) is 7.09. The van der Waals surface area contributed by atoms with Gasteiger partial charge in [0.1, 0.15) is 0 Å². The van der Waals surface area contributed by atoms with Crippen LogP contribution in [0.2, 0.25) is 5.02 Å². The largest absolute Gasteiger partial charge is 0.383 e. The zero-order chi connectivity index (χ0) is 12.0. The molecular weight excluding hydrogens is 291 g/mol. The van der Waals surface area contributed by atoms with Crippen molar-refractivity contribution in [2.45, 2.75) is 19.9 Å². The van der Waals surface area contributed by atoms with Gasteiger partial charge in [-0.3, -0.25) is 4.68 Å². The van der Waals surface area contributed by atoms with Gasteiger partial charge in [-0.15, -0.1) is 0 Å². The van der Waals surface area contributed by atoms with E-state index in [0.29, 0.717) is 11.6 Å². The SMILES string of the molecule is COCCn1ncc(Cl)c1C(C)=CCCBr. The van der Waals surface area contributed by atoms with Crippen LogP contribution >= 0.6 is 27.5 Å². The van der Waals surface area contributed by atoms with E-state index < -0.39 is 0 Å². The van der Waals surface area contributed by atoms with E-state index in [1.54, 1.807) is 13.3 Å². The number of ether oxygens (including phenoxy) is 1. The van der Waals surface area contributed by atoms with Gasteiger partial charge >= 0.3 is 0 Å². The summed E-state index contributed by atoms with van der Waals surface area (Å²) in [5.41, 5.74) is 2.14. The molecule has 1 rings (SSSR count). The van der Waals surface area contributed by atoms with Gasteiger partial charge in [0.25, 0.3) is 0 Å². The van der Waals surface area contributed by atoms with E-state index >= 15 is 0 Å². The Morgan fingerprint density at radius 3 is 3.06 bits per heavy atom. The van der Waals surface area contributed by atoms with Crippen molar-refractivity contribution in [3.63, 3.8) is 0 Å². The molecule has 90 valence electrons. The summed E-state index contributed by atoms with van der Waals surface area (Å²) in [7, 11) is 1.68. The molecule has 1 aromatic rings. The Morgan fingerprint density at radius 1 is 1.69 bits per heavy atom. The molecule has 0 aliphatic rings. The van der Waals surface area contributed by atoms with Gasteiger partial charge in [-0.25, -0.2) is 0 Å². The van der Waals surface area contributed by atoms with E-state index in [0.717, 1.165) is 29.6 Å². The lowest BCUT2D eigenvalue weighted by Crippen LogP contribution is -2.08. The number of halogens is 2. The summed E-state index contributed by atoms with van der Waals surface area (Å²) in [6.07, 6.45) is 4.82. The van der Waals surface area contributed by atoms with Crippen molar-refractivity contribution in [2.75, 3.05) is 19.0 Å². The molecule has 0 atom stereocenters. The van der Waals surface area contributed by atoms with Crippen molar-refractivity contribution in [3.05, 3.63) is 23.0 Å². The van der Waals surface area contributed by atoms with Gasteiger partial charge in [-0.05, 0) is 18.9 Å². The van der Waals surface area contributed by atoms with Crippen molar-refractivity contribution in [1.29, 1.82) is 0 Å². The van der Waals surface area contributed by atoms with Gasteiger partial charge < -0.3 is 4.74 Å². The summed E-state index contributed by atoms with van der Waals surface area (Å²) in [6, 6.07) is 0. The molecule has 0 aliphatic carbocycles. The van der Waals surface area contributed by atoms with E-state index in [4.69, 9.17) is 16.3 Å². The molecule has 16 heavy (non-hydrogen) atoms. The minimum atomic E-state index is 0.636. The van der Waals surface area contributed by atoms with Crippen LogP contribution in [0.4, 0.5) is 0 Å². The molecule has 1 aromatic heterocycles. The first-order chi connectivity index (χ1) is 7.70. The second-order valence-electron chi connectivity index (χ2n) is 3.42. The van der Waals surface area contributed by atoms with E-state index in [1.807, 2.05) is 4.68 Å². The maximum absolute atomic E-state index is 6.12. The van der Waals surface area contributed by atoms with Crippen LogP contribution in [0.1, 0.15) is 19.0 Å². The fourth-order valence-electron chi connectivity index (χ4n) is 1.47. The second-order valence-corrected chi connectivity index (χ2v) is 4.62. The standard InChI is InChI=1S/C11H16BrClN2O/c1-9(4-3-5-12)11-10(13)8-14-15(11)6-7-16-2/h4,8H,3,5-7H2,1-2H3. The maximum Gasteiger partial charge on any atom is 0.0862 e. The molecule has 0 saturated carbocycles. The van der Waals surface area contributed by atoms with E-state index in [1.165, 1.54) is 0 Å². The minimum absolute atomic E-state index is 0.636. The number of hydrogen-bond donors (Lipinski definition) is 0. The van der Waals surface area contributed by atoms with Crippen molar-refractivity contribution >= 4 is 33.1 Å². The van der Waals surface area contributed by atoms with Gasteiger partial charge in [-0.1, -0.05) is 33.6 Å². The number of nitrogens with zero attached hydrogens (tertiary/aromatic N) is 2. The van der Waals surface area contributed by atoms with Crippen molar-refractivity contribution in [2.24, 2.45) is 0 Å². The molecule has 0 unspecified atom stereocenters. The zero-order valence-corrected chi connectivity index (χ0v) is 11.9. The van der Waals surface area contributed by atoms with Crippen LogP contribution in [0, 0.1) is 0 Å². The number of allylic oxidation sites excluding steroid dienone is 2. The predicted octanol–water partition coefficient (Wildman–Crippen LogP) is 3.37. The lowest BCUT2D eigenvalue weighted by atomic mass is 10.2. The van der Waals surface area contributed by atoms with Gasteiger partial charge in [0, 0.05) is 12.4 Å². The molecular formula is C11H16BrClN2O. The first-order valence-corrected chi connectivity index (χ1v) is 6.64. The van der Waals surface area contributed by atoms with E-state index in [9.17, 15) is 0 Å². The molecule has 0 aliphatic heterocycles. The Kier molecular flexibility index (Phi) is 6.09. The molecule has 0 aromatic carbocycles. The smallest absolute Gasteiger partial charge is 0.0862 e. The Balaban J connectivity index is 2.87. The Hall–Kier alpha value is -0.320. The molecule has 0 saturated heterocycles. The quantitative estimate of drug-likeness (QED) is 0.753. The van der Waals surface area contributed by atoms with Crippen LogP contribution in [-0.2, 0) is 11.3 Å². The third-order valence-electron chi connectivity index (χ3n) is 2.24. The van der Waals surface area contributed by atoms with E-state index in [2.05, 4.69) is 34.0 Å². The molecule has 0 amide bonds. The monoisotopic (exact) mass is 306 g/mol. The van der Waals surface area contributed by atoms with Gasteiger partial charge in [-0.2, -0.15) is 5.10 Å². The van der Waals surface area contributed by atoms with Crippen LogP contribution in [0.3, 0.4) is 0 Å². The van der Waals surface area contributed by atoms with Gasteiger partial charge in [0.05, 0.1) is 30.1 Å². The Labute approximate surface area is 110 Å². The summed E-state index contributed by atoms with van der Waals surface area (Å²) in [5, 5.41) is 5.88. The third kappa shape index (κ3) is 3.61. The highest BCUT2D eigenvalue weighted by Crippen LogP contribution is 2.23. The van der Waals surface area contributed by atoms with Crippen LogP contribution in [-0.4, -0.2) is 28.8 Å². The number of aromatic nitrogens is 2. The summed E-state index contributed by atoms with van der Waals surface area (Å²) in [6.45, 7) is 3.41. The molecule has 0 radical (unpaired) electrons. The molecule has 0 N–H and O–H groups in total. The van der Waals surface area contributed by atoms with Crippen LogP contribution < -0.4 is 0 Å². The molecule has 5 heteroatoms. The number of methoxy groups -OCH3 is 1. The topological polar surface area (TPSA) is 27.1 Å². The normalized spacial score (nSPS) is 12.1. The van der Waals surface area contributed by atoms with Gasteiger partial charge in [0.2, 0.25) is 0 Å². The van der Waals surface area contributed by atoms with Crippen LogP contribution in [0.15, 0.2) is 12.3 Å². The summed E-state index contributed by atoms with van der Waals surface area (Å²) >= 11 is 9.52. The average molecular weight is 308 g/mol. The Morgan fingerprint density at radius 2 is 2.44 bits per heavy atom.